The van der Waals surface area contributed by atoms with Gasteiger partial charge in [0.2, 0.25) is 0 Å². The van der Waals surface area contributed by atoms with Gasteiger partial charge in [-0.05, 0) is 13.8 Å². The minimum atomic E-state index is 0.0324. The largest absolute Gasteiger partial charge is 0.322 e. The molecule has 0 spiro atoms. The number of thiazole rings is 1. The van der Waals surface area contributed by atoms with E-state index in [1.807, 2.05) is 19.4 Å². The maximum absolute atomic E-state index is 5.89. The van der Waals surface area contributed by atoms with Gasteiger partial charge in [-0.3, -0.25) is 0 Å². The standard InChI is InChI=1S/C9H12N2S/c1-3-4-5-8(10)9-7(2)11-6-12-9/h6,8H,5,10H2,1-2H3. The van der Waals surface area contributed by atoms with Crippen LogP contribution in [-0.4, -0.2) is 4.98 Å². The van der Waals surface area contributed by atoms with Crippen molar-refractivity contribution in [2.45, 2.75) is 26.3 Å². The van der Waals surface area contributed by atoms with Crippen LogP contribution in [0.25, 0.3) is 0 Å². The van der Waals surface area contributed by atoms with Crippen LogP contribution in [0.3, 0.4) is 0 Å². The Bertz CT molecular complexity index is 306. The highest BCUT2D eigenvalue weighted by Crippen LogP contribution is 2.21. The molecule has 0 aliphatic heterocycles. The molecule has 0 aliphatic rings. The van der Waals surface area contributed by atoms with Crippen LogP contribution in [-0.2, 0) is 0 Å². The second-order valence-electron chi connectivity index (χ2n) is 2.54. The third-order valence-corrected chi connectivity index (χ3v) is 2.68. The van der Waals surface area contributed by atoms with Gasteiger partial charge in [-0.15, -0.1) is 23.2 Å². The summed E-state index contributed by atoms with van der Waals surface area (Å²) in [4.78, 5) is 5.29. The molecule has 0 fully saturated rings. The molecule has 1 unspecified atom stereocenters. The highest BCUT2D eigenvalue weighted by molar-refractivity contribution is 7.09. The van der Waals surface area contributed by atoms with Gasteiger partial charge in [-0.2, -0.15) is 0 Å². The first-order chi connectivity index (χ1) is 5.75. The number of nitrogens with two attached hydrogens (primary N) is 1. The molecule has 64 valence electrons. The van der Waals surface area contributed by atoms with Gasteiger partial charge in [0.05, 0.1) is 17.2 Å². The molecule has 0 amide bonds. The fourth-order valence-corrected chi connectivity index (χ4v) is 1.78. The van der Waals surface area contributed by atoms with Gasteiger partial charge >= 0.3 is 0 Å². The lowest BCUT2D eigenvalue weighted by Gasteiger charge is -2.04. The Kier molecular flexibility index (Phi) is 3.27. The summed E-state index contributed by atoms with van der Waals surface area (Å²) in [6.07, 6.45) is 0.722. The summed E-state index contributed by atoms with van der Waals surface area (Å²) in [7, 11) is 0. The molecule has 1 heterocycles. The van der Waals surface area contributed by atoms with Crippen molar-refractivity contribution in [3.8, 4) is 11.8 Å². The van der Waals surface area contributed by atoms with Crippen LogP contribution < -0.4 is 5.73 Å². The molecule has 2 nitrogen and oxygen atoms in total. The number of rotatable bonds is 2. The number of nitrogens with zero attached hydrogens (tertiary/aromatic N) is 1. The predicted octanol–water partition coefficient (Wildman–Crippen LogP) is 1.86. The van der Waals surface area contributed by atoms with Crippen LogP contribution in [0, 0.1) is 18.8 Å². The van der Waals surface area contributed by atoms with Gasteiger partial charge in [0.25, 0.3) is 0 Å². The highest BCUT2D eigenvalue weighted by atomic mass is 32.1. The third-order valence-electron chi connectivity index (χ3n) is 1.62. The van der Waals surface area contributed by atoms with Gasteiger partial charge < -0.3 is 5.73 Å². The monoisotopic (exact) mass is 180 g/mol. The van der Waals surface area contributed by atoms with Crippen molar-refractivity contribution in [3.05, 3.63) is 16.1 Å². The van der Waals surface area contributed by atoms with Gasteiger partial charge in [-0.25, -0.2) is 4.98 Å². The first-order valence-corrected chi connectivity index (χ1v) is 4.69. The molecule has 12 heavy (non-hydrogen) atoms. The maximum atomic E-state index is 5.89. The first-order valence-electron chi connectivity index (χ1n) is 3.81. The molecule has 1 aromatic rings. The van der Waals surface area contributed by atoms with Crippen LogP contribution in [0.1, 0.15) is 30.0 Å². The Morgan fingerprint density at radius 3 is 3.00 bits per heavy atom. The summed E-state index contributed by atoms with van der Waals surface area (Å²) < 4.78 is 0. The van der Waals surface area contributed by atoms with Crippen molar-refractivity contribution in [3.63, 3.8) is 0 Å². The predicted molar refractivity (Wildman–Crippen MR) is 51.8 cm³/mol. The summed E-state index contributed by atoms with van der Waals surface area (Å²) >= 11 is 1.60. The minimum Gasteiger partial charge on any atom is -0.322 e. The van der Waals surface area contributed by atoms with Gasteiger partial charge in [0.15, 0.2) is 0 Å². The van der Waals surface area contributed by atoms with E-state index in [1.54, 1.807) is 11.3 Å². The molecule has 0 saturated heterocycles. The average molecular weight is 180 g/mol. The highest BCUT2D eigenvalue weighted by Gasteiger charge is 2.09. The molecule has 0 aromatic carbocycles. The maximum Gasteiger partial charge on any atom is 0.0798 e. The third kappa shape index (κ3) is 2.07. The topological polar surface area (TPSA) is 38.9 Å². The van der Waals surface area contributed by atoms with Crippen molar-refractivity contribution in [1.29, 1.82) is 0 Å². The van der Waals surface area contributed by atoms with E-state index in [2.05, 4.69) is 16.8 Å². The second-order valence-corrected chi connectivity index (χ2v) is 3.43. The SMILES string of the molecule is CC#CCC(N)c1scnc1C. The molecule has 0 aliphatic carbocycles. The Balaban J connectivity index is 2.68. The molecule has 1 atom stereocenters. The van der Waals surface area contributed by atoms with Crippen LogP contribution in [0.15, 0.2) is 5.51 Å². The van der Waals surface area contributed by atoms with Crippen LogP contribution in [0.5, 0.6) is 0 Å². The second kappa shape index (κ2) is 4.24. The lowest BCUT2D eigenvalue weighted by atomic mass is 10.1. The minimum absolute atomic E-state index is 0.0324. The summed E-state index contributed by atoms with van der Waals surface area (Å²) in [5.74, 6) is 5.80. The van der Waals surface area contributed by atoms with Crippen molar-refractivity contribution in [2.24, 2.45) is 5.73 Å². The molecule has 1 aromatic heterocycles. The molecule has 2 N–H and O–H groups in total. The zero-order valence-electron chi connectivity index (χ0n) is 7.29. The Morgan fingerprint density at radius 1 is 1.75 bits per heavy atom. The van der Waals surface area contributed by atoms with E-state index in [-0.39, 0.29) is 6.04 Å². The molecule has 1 rings (SSSR count). The fraction of sp³-hybridized carbons (Fsp3) is 0.444. The quantitative estimate of drug-likeness (QED) is 0.706. The van der Waals surface area contributed by atoms with E-state index in [9.17, 15) is 0 Å². The summed E-state index contributed by atoms with van der Waals surface area (Å²) in [5, 5.41) is 0. The summed E-state index contributed by atoms with van der Waals surface area (Å²) in [6, 6.07) is 0.0324. The van der Waals surface area contributed by atoms with Crippen LogP contribution in [0.4, 0.5) is 0 Å². The van der Waals surface area contributed by atoms with Crippen molar-refractivity contribution >= 4 is 11.3 Å². The van der Waals surface area contributed by atoms with Crippen LogP contribution >= 0.6 is 11.3 Å². The van der Waals surface area contributed by atoms with E-state index in [4.69, 9.17) is 5.73 Å². The number of hydrogen-bond acceptors (Lipinski definition) is 3. The smallest absolute Gasteiger partial charge is 0.0798 e. The Labute approximate surface area is 76.8 Å². The zero-order valence-corrected chi connectivity index (χ0v) is 8.11. The molecule has 0 saturated carbocycles. The fourth-order valence-electron chi connectivity index (χ4n) is 0.972. The van der Waals surface area contributed by atoms with Crippen molar-refractivity contribution < 1.29 is 0 Å². The number of aryl methyl sites for hydroxylation is 1. The molecule has 0 bridgehead atoms. The lowest BCUT2D eigenvalue weighted by Crippen LogP contribution is -2.08. The Morgan fingerprint density at radius 2 is 2.50 bits per heavy atom. The normalized spacial score (nSPS) is 11.9. The Hall–Kier alpha value is -0.850. The summed E-state index contributed by atoms with van der Waals surface area (Å²) in [5.41, 5.74) is 8.75. The van der Waals surface area contributed by atoms with Gasteiger partial charge in [0.1, 0.15) is 0 Å². The zero-order chi connectivity index (χ0) is 8.97. The van der Waals surface area contributed by atoms with E-state index in [0.29, 0.717) is 0 Å². The molecule has 3 heteroatoms. The molecular weight excluding hydrogens is 168 g/mol. The number of hydrogen-bond donors (Lipinski definition) is 1. The van der Waals surface area contributed by atoms with Crippen molar-refractivity contribution in [1.82, 2.24) is 4.98 Å². The van der Waals surface area contributed by atoms with E-state index >= 15 is 0 Å². The molecule has 0 radical (unpaired) electrons. The summed E-state index contributed by atoms with van der Waals surface area (Å²) in [6.45, 7) is 3.80. The van der Waals surface area contributed by atoms with E-state index in [1.165, 1.54) is 0 Å². The van der Waals surface area contributed by atoms with Crippen molar-refractivity contribution in [2.75, 3.05) is 0 Å². The first kappa shape index (κ1) is 9.24. The lowest BCUT2D eigenvalue weighted by molar-refractivity contribution is 0.761. The van der Waals surface area contributed by atoms with Gasteiger partial charge in [-0.1, -0.05) is 0 Å². The van der Waals surface area contributed by atoms with Gasteiger partial charge in [0, 0.05) is 11.3 Å². The molecular formula is C9H12N2S. The number of aromatic nitrogens is 1. The van der Waals surface area contributed by atoms with E-state index < -0.39 is 0 Å². The van der Waals surface area contributed by atoms with Crippen LogP contribution in [0.2, 0.25) is 0 Å². The average Bonchev–Trinajstić information content (AvgIpc) is 2.47. The van der Waals surface area contributed by atoms with E-state index in [0.717, 1.165) is 17.0 Å².